The van der Waals surface area contributed by atoms with Crippen LogP contribution in [0.25, 0.3) is 10.2 Å². The van der Waals surface area contributed by atoms with E-state index < -0.39 is 6.67 Å². The van der Waals surface area contributed by atoms with Crippen molar-refractivity contribution in [3.63, 3.8) is 0 Å². The fraction of sp³-hybridized carbons (Fsp3) is 0.421. The zero-order chi connectivity index (χ0) is 18.1. The molecule has 4 rings (SSSR count). The van der Waals surface area contributed by atoms with Crippen LogP contribution >= 0.6 is 34.3 Å². The SMILES string of the molecule is N[C@@H]1CCCC[C@H]1c1sc2c(NCc3cccs3)cc(Cl)nc2c1CF. The zero-order valence-corrected chi connectivity index (χ0v) is 16.7. The van der Waals surface area contributed by atoms with E-state index in [-0.39, 0.29) is 12.0 Å². The highest BCUT2D eigenvalue weighted by atomic mass is 35.5. The number of fused-ring (bicyclic) bond motifs is 1. The first-order valence-corrected chi connectivity index (χ1v) is 10.9. The van der Waals surface area contributed by atoms with Crippen LogP contribution in [0.2, 0.25) is 5.15 Å². The van der Waals surface area contributed by atoms with Crippen molar-refractivity contribution >= 4 is 50.2 Å². The summed E-state index contributed by atoms with van der Waals surface area (Å²) in [6.45, 7) is 0.185. The van der Waals surface area contributed by atoms with Gasteiger partial charge in [-0.3, -0.25) is 0 Å². The van der Waals surface area contributed by atoms with Crippen molar-refractivity contribution in [1.82, 2.24) is 4.98 Å². The number of rotatable bonds is 5. The van der Waals surface area contributed by atoms with Gasteiger partial charge in [-0.2, -0.15) is 0 Å². The molecule has 0 saturated heterocycles. The van der Waals surface area contributed by atoms with E-state index in [1.54, 1.807) is 22.7 Å². The summed E-state index contributed by atoms with van der Waals surface area (Å²) in [6, 6.07) is 6.05. The predicted octanol–water partition coefficient (Wildman–Crippen LogP) is 6.08. The van der Waals surface area contributed by atoms with Crippen molar-refractivity contribution < 1.29 is 4.39 Å². The Morgan fingerprint density at radius 2 is 2.19 bits per heavy atom. The van der Waals surface area contributed by atoms with E-state index in [1.165, 1.54) is 4.88 Å². The molecule has 0 amide bonds. The lowest BCUT2D eigenvalue weighted by Crippen LogP contribution is -2.31. The van der Waals surface area contributed by atoms with Crippen LogP contribution in [-0.4, -0.2) is 11.0 Å². The van der Waals surface area contributed by atoms with Crippen LogP contribution in [-0.2, 0) is 13.2 Å². The molecule has 26 heavy (non-hydrogen) atoms. The Morgan fingerprint density at radius 3 is 2.92 bits per heavy atom. The molecule has 0 spiro atoms. The molecular weight excluding hydrogens is 389 g/mol. The third-order valence-corrected chi connectivity index (χ3v) is 7.52. The van der Waals surface area contributed by atoms with Crippen LogP contribution < -0.4 is 11.1 Å². The number of aromatic nitrogens is 1. The molecule has 1 fully saturated rings. The highest BCUT2D eigenvalue weighted by Crippen LogP contribution is 2.44. The van der Waals surface area contributed by atoms with Gasteiger partial charge < -0.3 is 11.1 Å². The predicted molar refractivity (Wildman–Crippen MR) is 110 cm³/mol. The summed E-state index contributed by atoms with van der Waals surface area (Å²) in [5.41, 5.74) is 8.65. The average Bonchev–Trinajstić information content (AvgIpc) is 3.27. The van der Waals surface area contributed by atoms with Gasteiger partial charge in [0, 0.05) is 39.9 Å². The third-order valence-electron chi connectivity index (χ3n) is 5.06. The van der Waals surface area contributed by atoms with E-state index in [2.05, 4.69) is 21.7 Å². The fourth-order valence-electron chi connectivity index (χ4n) is 3.74. The number of thiophene rings is 2. The summed E-state index contributed by atoms with van der Waals surface area (Å²) in [6.07, 6.45) is 4.33. The summed E-state index contributed by atoms with van der Waals surface area (Å²) in [7, 11) is 0. The van der Waals surface area contributed by atoms with Crippen molar-refractivity contribution in [3.8, 4) is 0 Å². The van der Waals surface area contributed by atoms with Gasteiger partial charge in [0.2, 0.25) is 0 Å². The molecule has 7 heteroatoms. The summed E-state index contributed by atoms with van der Waals surface area (Å²) >= 11 is 9.58. The maximum atomic E-state index is 14.0. The Kier molecular flexibility index (Phi) is 5.45. The molecule has 1 aliphatic rings. The first-order chi connectivity index (χ1) is 12.7. The van der Waals surface area contributed by atoms with E-state index >= 15 is 0 Å². The molecule has 3 heterocycles. The molecule has 0 aromatic carbocycles. The number of pyridine rings is 1. The van der Waals surface area contributed by atoms with Crippen LogP contribution in [0.15, 0.2) is 23.6 Å². The van der Waals surface area contributed by atoms with Gasteiger partial charge in [-0.15, -0.1) is 22.7 Å². The number of hydrogen-bond acceptors (Lipinski definition) is 5. The Labute approximate surface area is 165 Å². The molecule has 1 aliphatic carbocycles. The second kappa shape index (κ2) is 7.80. The van der Waals surface area contributed by atoms with E-state index in [9.17, 15) is 4.39 Å². The standard InChI is InChI=1S/C19H21ClFN3S2/c20-16-8-15(23-10-11-4-3-7-25-11)19-17(24-16)13(9-21)18(26-19)12-5-1-2-6-14(12)22/h3-4,7-8,12,14H,1-2,5-6,9-10,22H2,(H,23,24)/t12-,14-/m1/s1. The van der Waals surface area contributed by atoms with E-state index in [1.807, 2.05) is 12.1 Å². The summed E-state index contributed by atoms with van der Waals surface area (Å²) in [5.74, 6) is 0.220. The molecule has 1 saturated carbocycles. The van der Waals surface area contributed by atoms with Crippen molar-refractivity contribution in [2.75, 3.05) is 5.32 Å². The van der Waals surface area contributed by atoms with E-state index in [0.29, 0.717) is 22.8 Å². The number of anilines is 1. The van der Waals surface area contributed by atoms with Gasteiger partial charge in [0.25, 0.3) is 0 Å². The van der Waals surface area contributed by atoms with Crippen LogP contribution in [0.3, 0.4) is 0 Å². The van der Waals surface area contributed by atoms with E-state index in [4.69, 9.17) is 17.3 Å². The smallest absolute Gasteiger partial charge is 0.131 e. The van der Waals surface area contributed by atoms with Gasteiger partial charge in [0.05, 0.1) is 15.9 Å². The van der Waals surface area contributed by atoms with Crippen LogP contribution in [0.1, 0.15) is 46.9 Å². The monoisotopic (exact) mass is 409 g/mol. The molecule has 3 aromatic rings. The minimum Gasteiger partial charge on any atom is -0.379 e. The molecule has 138 valence electrons. The van der Waals surface area contributed by atoms with Crippen LogP contribution in [0, 0.1) is 0 Å². The first-order valence-electron chi connectivity index (χ1n) is 8.87. The topological polar surface area (TPSA) is 50.9 Å². The molecule has 0 aliphatic heterocycles. The van der Waals surface area contributed by atoms with Crippen LogP contribution in [0.4, 0.5) is 10.1 Å². The Morgan fingerprint density at radius 1 is 1.35 bits per heavy atom. The molecular formula is C19H21ClFN3S2. The minimum absolute atomic E-state index is 0.0973. The fourth-order valence-corrected chi connectivity index (χ4v) is 6.02. The van der Waals surface area contributed by atoms with Gasteiger partial charge in [0.1, 0.15) is 11.8 Å². The molecule has 3 nitrogen and oxygen atoms in total. The second-order valence-corrected chi connectivity index (χ2v) is 9.21. The van der Waals surface area contributed by atoms with Crippen molar-refractivity contribution in [2.45, 2.75) is 50.9 Å². The normalized spacial score (nSPS) is 20.6. The summed E-state index contributed by atoms with van der Waals surface area (Å²) in [4.78, 5) is 6.75. The molecule has 2 atom stereocenters. The van der Waals surface area contributed by atoms with Crippen molar-refractivity contribution in [3.05, 3.63) is 44.1 Å². The maximum Gasteiger partial charge on any atom is 0.131 e. The van der Waals surface area contributed by atoms with Gasteiger partial charge >= 0.3 is 0 Å². The first kappa shape index (κ1) is 18.2. The lowest BCUT2D eigenvalue weighted by atomic mass is 9.83. The largest absolute Gasteiger partial charge is 0.379 e. The Hall–Kier alpha value is -1.21. The summed E-state index contributed by atoms with van der Waals surface area (Å²) in [5, 5.41) is 5.90. The number of hydrogen-bond donors (Lipinski definition) is 2. The molecule has 0 bridgehead atoms. The number of halogens is 2. The number of nitrogens with one attached hydrogen (secondary N) is 1. The minimum atomic E-state index is -0.531. The zero-order valence-electron chi connectivity index (χ0n) is 14.3. The number of alkyl halides is 1. The lowest BCUT2D eigenvalue weighted by Gasteiger charge is -2.28. The van der Waals surface area contributed by atoms with Gasteiger partial charge in [-0.05, 0) is 24.3 Å². The molecule has 3 N–H and O–H groups in total. The highest BCUT2D eigenvalue weighted by Gasteiger charge is 2.29. The molecule has 3 aromatic heterocycles. The van der Waals surface area contributed by atoms with Crippen molar-refractivity contribution in [2.24, 2.45) is 5.73 Å². The highest BCUT2D eigenvalue weighted by molar-refractivity contribution is 7.20. The third kappa shape index (κ3) is 3.48. The second-order valence-electron chi connectivity index (χ2n) is 6.74. The van der Waals surface area contributed by atoms with Crippen molar-refractivity contribution in [1.29, 1.82) is 0 Å². The number of nitrogens with two attached hydrogens (primary N) is 1. The quantitative estimate of drug-likeness (QED) is 0.502. The van der Waals surface area contributed by atoms with Crippen LogP contribution in [0.5, 0.6) is 0 Å². The molecule has 0 radical (unpaired) electrons. The number of nitrogens with zero attached hydrogens (tertiary/aromatic N) is 1. The Bertz CT molecular complexity index is 894. The van der Waals surface area contributed by atoms with Gasteiger partial charge in [0.15, 0.2) is 0 Å². The van der Waals surface area contributed by atoms with E-state index in [0.717, 1.165) is 40.9 Å². The van der Waals surface area contributed by atoms with Gasteiger partial charge in [-0.25, -0.2) is 9.37 Å². The lowest BCUT2D eigenvalue weighted by molar-refractivity contribution is 0.384. The maximum absolute atomic E-state index is 14.0. The summed E-state index contributed by atoms with van der Waals surface area (Å²) < 4.78 is 14.9. The average molecular weight is 410 g/mol. The molecule has 0 unspecified atom stereocenters. The van der Waals surface area contributed by atoms with Gasteiger partial charge in [-0.1, -0.05) is 30.5 Å². The Balaban J connectivity index is 1.75.